The molecular weight excluding hydrogens is 267 g/mol. The summed E-state index contributed by atoms with van der Waals surface area (Å²) in [5, 5.41) is 0. The average molecular weight is 286 g/mol. The lowest BCUT2D eigenvalue weighted by Crippen LogP contribution is -2.36. The highest BCUT2D eigenvalue weighted by Gasteiger charge is 2.25. The summed E-state index contributed by atoms with van der Waals surface area (Å²) in [6.07, 6.45) is -2.27. The van der Waals surface area contributed by atoms with Crippen molar-refractivity contribution in [2.24, 2.45) is 0 Å². The maximum absolute atomic E-state index is 13.4. The van der Waals surface area contributed by atoms with Gasteiger partial charge in [-0.1, -0.05) is 6.07 Å². The molecule has 0 saturated carbocycles. The second-order valence-corrected chi connectivity index (χ2v) is 5.31. The van der Waals surface area contributed by atoms with Gasteiger partial charge < -0.3 is 10.6 Å². The third-order valence-corrected chi connectivity index (χ3v) is 3.78. The number of nitrogens with two attached hydrogens (primary N) is 1. The number of aryl methyl sites for hydroxylation is 2. The van der Waals surface area contributed by atoms with Crippen molar-refractivity contribution in [1.82, 2.24) is 0 Å². The van der Waals surface area contributed by atoms with Crippen molar-refractivity contribution in [1.29, 1.82) is 0 Å². The maximum atomic E-state index is 13.4. The van der Waals surface area contributed by atoms with Gasteiger partial charge in [0.2, 0.25) is 5.91 Å². The number of hydrogen-bond acceptors (Lipinski definition) is 2. The molecule has 1 amide bonds. The van der Waals surface area contributed by atoms with Crippen molar-refractivity contribution >= 4 is 17.3 Å². The highest BCUT2D eigenvalue weighted by molar-refractivity contribution is 5.96. The summed E-state index contributed by atoms with van der Waals surface area (Å²) < 4.78 is 29.7. The number of hydrogen-bond donors (Lipinski definition) is 1. The van der Waals surface area contributed by atoms with Gasteiger partial charge in [-0.05, 0) is 60.4 Å². The van der Waals surface area contributed by atoms with Crippen molar-refractivity contribution in [3.8, 4) is 0 Å². The van der Waals surface area contributed by atoms with Gasteiger partial charge in [-0.2, -0.15) is 0 Å². The molecule has 108 valence electrons. The van der Waals surface area contributed by atoms with Crippen molar-refractivity contribution < 1.29 is 11.9 Å². The first-order valence-electron chi connectivity index (χ1n) is 7.69. The zero-order valence-corrected chi connectivity index (χ0v) is 11.9. The van der Waals surface area contributed by atoms with Crippen LogP contribution in [-0.2, 0) is 17.7 Å². The van der Waals surface area contributed by atoms with Crippen LogP contribution in [0.25, 0.3) is 0 Å². The van der Waals surface area contributed by atoms with Gasteiger partial charge in [-0.3, -0.25) is 4.79 Å². The smallest absolute Gasteiger partial charge is 0.231 e. The Hall–Kier alpha value is -2.36. The van der Waals surface area contributed by atoms with Crippen molar-refractivity contribution in [3.05, 3.63) is 58.4 Å². The molecule has 2 aromatic carbocycles. The predicted octanol–water partition coefficient (Wildman–Crippen LogP) is 3.11. The first-order valence-corrected chi connectivity index (χ1v) is 6.69. The van der Waals surface area contributed by atoms with Crippen LogP contribution in [0.4, 0.5) is 15.8 Å². The summed E-state index contributed by atoms with van der Waals surface area (Å²) in [6, 6.07) is 7.45. The number of rotatable bonds is 1. The fourth-order valence-electron chi connectivity index (χ4n) is 2.54. The first kappa shape index (κ1) is 11.3. The van der Waals surface area contributed by atoms with E-state index in [-0.39, 0.29) is 12.1 Å². The van der Waals surface area contributed by atoms with Gasteiger partial charge in [0.25, 0.3) is 0 Å². The van der Waals surface area contributed by atoms with Gasteiger partial charge in [-0.25, -0.2) is 4.39 Å². The molecule has 0 spiro atoms. The Balaban J connectivity index is 2.13. The van der Waals surface area contributed by atoms with E-state index in [9.17, 15) is 9.18 Å². The number of amides is 1. The number of fused-ring (bicyclic) bond motifs is 1. The summed E-state index contributed by atoms with van der Waals surface area (Å²) in [6.45, 7) is 3.90. The zero-order chi connectivity index (χ0) is 16.9. The molecule has 0 radical (unpaired) electrons. The zero-order valence-electron chi connectivity index (χ0n) is 13.9. The van der Waals surface area contributed by atoms with E-state index in [0.717, 1.165) is 17.2 Å². The SMILES string of the molecule is [2H]C1([2H])C(=O)N(c2cc(C)c(N)c(C)c2)Cc2ccc(F)cc21. The first-order chi connectivity index (χ1) is 10.7. The molecule has 1 aliphatic heterocycles. The van der Waals surface area contributed by atoms with E-state index in [4.69, 9.17) is 8.48 Å². The average Bonchev–Trinajstić information content (AvgIpc) is 2.49. The molecule has 0 aliphatic carbocycles. The number of halogens is 1. The van der Waals surface area contributed by atoms with E-state index in [2.05, 4.69) is 0 Å². The van der Waals surface area contributed by atoms with Crippen LogP contribution in [0.1, 0.15) is 25.0 Å². The van der Waals surface area contributed by atoms with E-state index in [1.54, 1.807) is 12.1 Å². The summed E-state index contributed by atoms with van der Waals surface area (Å²) in [7, 11) is 0. The summed E-state index contributed by atoms with van der Waals surface area (Å²) >= 11 is 0. The minimum absolute atomic E-state index is 0.0997. The molecule has 0 saturated heterocycles. The number of carbonyl (C=O) groups is 1. The van der Waals surface area contributed by atoms with Gasteiger partial charge in [-0.15, -0.1) is 0 Å². The van der Waals surface area contributed by atoms with Crippen LogP contribution in [0.15, 0.2) is 30.3 Å². The Bertz CT molecular complexity index is 797. The minimum Gasteiger partial charge on any atom is -0.398 e. The van der Waals surface area contributed by atoms with Crippen LogP contribution < -0.4 is 10.6 Å². The predicted molar refractivity (Wildman–Crippen MR) is 81.6 cm³/mol. The second kappa shape index (κ2) is 4.88. The quantitative estimate of drug-likeness (QED) is 0.819. The number of nitrogens with zero attached hydrogens (tertiary/aromatic N) is 1. The second-order valence-electron chi connectivity index (χ2n) is 5.31. The maximum Gasteiger partial charge on any atom is 0.231 e. The summed E-state index contributed by atoms with van der Waals surface area (Å²) in [4.78, 5) is 14.0. The highest BCUT2D eigenvalue weighted by Crippen LogP contribution is 2.29. The van der Waals surface area contributed by atoms with Crippen molar-refractivity contribution in [2.45, 2.75) is 26.8 Å². The summed E-state index contributed by atoms with van der Waals surface area (Å²) in [5.74, 6) is -1.24. The summed E-state index contributed by atoms with van der Waals surface area (Å²) in [5.41, 5.74) is 9.56. The Morgan fingerprint density at radius 1 is 1.19 bits per heavy atom. The van der Waals surface area contributed by atoms with E-state index < -0.39 is 18.1 Å². The van der Waals surface area contributed by atoms with E-state index in [0.29, 0.717) is 16.9 Å². The normalized spacial score (nSPS) is 18.0. The molecule has 2 N–H and O–H groups in total. The molecule has 2 aromatic rings. The highest BCUT2D eigenvalue weighted by atomic mass is 19.1. The van der Waals surface area contributed by atoms with Crippen LogP contribution in [0, 0.1) is 19.7 Å². The van der Waals surface area contributed by atoms with E-state index >= 15 is 0 Å². The molecule has 4 heteroatoms. The van der Waals surface area contributed by atoms with Crippen LogP contribution in [-0.4, -0.2) is 5.91 Å². The van der Waals surface area contributed by atoms with Gasteiger partial charge in [0.15, 0.2) is 0 Å². The number of carbonyl (C=O) groups excluding carboxylic acids is 1. The van der Waals surface area contributed by atoms with Crippen LogP contribution in [0.3, 0.4) is 0 Å². The molecule has 1 aliphatic rings. The van der Waals surface area contributed by atoms with Crippen LogP contribution in [0.2, 0.25) is 0 Å². The number of anilines is 2. The molecule has 21 heavy (non-hydrogen) atoms. The van der Waals surface area contributed by atoms with Crippen LogP contribution in [0.5, 0.6) is 0 Å². The standard InChI is InChI=1S/C17H17FN2O/c1-10-5-15(6-11(2)17(10)19)20-9-12-3-4-14(18)7-13(12)8-16(20)21/h3-7H,8-9,19H2,1-2H3/i8D2. The molecule has 3 rings (SSSR count). The molecule has 0 unspecified atom stereocenters. The molecule has 0 atom stereocenters. The Morgan fingerprint density at radius 3 is 2.52 bits per heavy atom. The lowest BCUT2D eigenvalue weighted by molar-refractivity contribution is -0.118. The molecule has 0 bridgehead atoms. The van der Waals surface area contributed by atoms with Crippen LogP contribution >= 0.6 is 0 Å². The topological polar surface area (TPSA) is 46.3 Å². The lowest BCUT2D eigenvalue weighted by Gasteiger charge is -2.29. The van der Waals surface area contributed by atoms with Gasteiger partial charge >= 0.3 is 0 Å². The van der Waals surface area contributed by atoms with E-state index in [1.807, 2.05) is 13.8 Å². The number of benzene rings is 2. The van der Waals surface area contributed by atoms with Gasteiger partial charge in [0, 0.05) is 14.1 Å². The monoisotopic (exact) mass is 286 g/mol. The minimum atomic E-state index is -2.27. The Morgan fingerprint density at radius 2 is 1.86 bits per heavy atom. The van der Waals surface area contributed by atoms with E-state index in [1.165, 1.54) is 17.0 Å². The number of nitrogen functional groups attached to an aromatic ring is 1. The molecule has 3 nitrogen and oxygen atoms in total. The molecule has 0 aromatic heterocycles. The third-order valence-electron chi connectivity index (χ3n) is 3.78. The van der Waals surface area contributed by atoms with Gasteiger partial charge in [0.05, 0.1) is 12.9 Å². The van der Waals surface area contributed by atoms with Gasteiger partial charge in [0.1, 0.15) is 5.82 Å². The van der Waals surface area contributed by atoms with Crippen molar-refractivity contribution in [2.75, 3.05) is 10.6 Å². The molecule has 1 heterocycles. The molecule has 0 fully saturated rings. The fourth-order valence-corrected chi connectivity index (χ4v) is 2.54. The van der Waals surface area contributed by atoms with Crippen molar-refractivity contribution in [3.63, 3.8) is 0 Å². The lowest BCUT2D eigenvalue weighted by atomic mass is 9.98. The fraction of sp³-hybridized carbons (Fsp3) is 0.235. The Labute approximate surface area is 126 Å². The largest absolute Gasteiger partial charge is 0.398 e. The third kappa shape index (κ3) is 2.37. The Kier molecular flexibility index (Phi) is 2.63. The molecular formula is C17H17FN2O.